The van der Waals surface area contributed by atoms with Gasteiger partial charge in [-0.05, 0) is 0 Å². The number of hydrogen-bond donors (Lipinski definition) is 2. The van der Waals surface area contributed by atoms with Gasteiger partial charge < -0.3 is 19.4 Å². The summed E-state index contributed by atoms with van der Waals surface area (Å²) in [5.41, 5.74) is 0. The molecule has 0 heterocycles. The van der Waals surface area contributed by atoms with E-state index in [0.29, 0.717) is 26.3 Å². The minimum absolute atomic E-state index is 0.0531. The summed E-state index contributed by atoms with van der Waals surface area (Å²) in [5.74, 6) is 0. The summed E-state index contributed by atoms with van der Waals surface area (Å²) >= 11 is 0. The number of likely N-dealkylation sites (N-methyl/N-ethyl adjacent to an activating group) is 2. The lowest BCUT2D eigenvalue weighted by Gasteiger charge is -2.24. The van der Waals surface area contributed by atoms with Gasteiger partial charge >= 0.3 is 0 Å². The molecule has 0 amide bonds. The van der Waals surface area contributed by atoms with Crippen molar-refractivity contribution in [2.75, 3.05) is 61.1 Å². The van der Waals surface area contributed by atoms with Crippen molar-refractivity contribution in [3.8, 4) is 0 Å². The zero-order valence-corrected chi connectivity index (χ0v) is 10.9. The Bertz CT molecular complexity index is 212. The van der Waals surface area contributed by atoms with E-state index in [1.807, 2.05) is 32.8 Å². The second-order valence-electron chi connectivity index (χ2n) is 5.01. The van der Waals surface area contributed by atoms with Gasteiger partial charge in [0.1, 0.15) is 20.2 Å². The number of quaternary nitrogens is 1. The maximum atomic E-state index is 9.76. The van der Waals surface area contributed by atoms with E-state index < -0.39 is 6.10 Å². The second kappa shape index (κ2) is 7.73. The molecule has 0 radical (unpaired) electrons. The summed E-state index contributed by atoms with van der Waals surface area (Å²) < 4.78 is 7.78. The molecule has 0 bridgehead atoms. The van der Waals surface area contributed by atoms with Crippen molar-refractivity contribution in [1.29, 1.82) is 0 Å². The molecule has 0 saturated carbocycles. The smallest absolute Gasteiger partial charge is 0.179 e. The van der Waals surface area contributed by atoms with E-state index in [2.05, 4.69) is 0 Å². The van der Waals surface area contributed by atoms with Crippen molar-refractivity contribution < 1.29 is 24.0 Å². The Morgan fingerprint density at radius 2 is 1.94 bits per heavy atom. The second-order valence-corrected chi connectivity index (χ2v) is 5.01. The third kappa shape index (κ3) is 10.0. The molecule has 16 heavy (non-hydrogen) atoms. The quantitative estimate of drug-likeness (QED) is 0.239. The van der Waals surface area contributed by atoms with Crippen LogP contribution in [0.3, 0.4) is 0 Å². The van der Waals surface area contributed by atoms with E-state index in [1.165, 1.54) is 0 Å². The van der Waals surface area contributed by atoms with E-state index in [-0.39, 0.29) is 6.61 Å². The Labute approximate surface area is 98.2 Å². The first-order valence-corrected chi connectivity index (χ1v) is 5.57. The van der Waals surface area contributed by atoms with Crippen molar-refractivity contribution >= 4 is 6.21 Å². The Morgan fingerprint density at radius 3 is 2.44 bits per heavy atom. The molecule has 0 aromatic heterocycles. The van der Waals surface area contributed by atoms with E-state index in [1.54, 1.807) is 6.21 Å². The largest absolute Gasteiger partial charge is 0.394 e. The van der Waals surface area contributed by atoms with Gasteiger partial charge in [-0.25, -0.2) is 4.58 Å². The number of ether oxygens (including phenoxy) is 1. The average molecular weight is 234 g/mol. The van der Waals surface area contributed by atoms with Crippen molar-refractivity contribution in [3.05, 3.63) is 0 Å². The molecule has 0 aliphatic rings. The SMILES string of the molecule is C[N+](=CC(O)C[N+](C)(C)C)CCOCCO. The minimum Gasteiger partial charge on any atom is -0.394 e. The van der Waals surface area contributed by atoms with Crippen LogP contribution in [0, 0.1) is 0 Å². The molecule has 1 unspecified atom stereocenters. The Kier molecular flexibility index (Phi) is 7.49. The fourth-order valence-corrected chi connectivity index (χ4v) is 1.35. The van der Waals surface area contributed by atoms with Crippen molar-refractivity contribution in [2.24, 2.45) is 0 Å². The monoisotopic (exact) mass is 234 g/mol. The summed E-state index contributed by atoms with van der Waals surface area (Å²) in [6.45, 7) is 2.38. The van der Waals surface area contributed by atoms with E-state index in [4.69, 9.17) is 9.84 Å². The van der Waals surface area contributed by atoms with Crippen molar-refractivity contribution in [1.82, 2.24) is 0 Å². The number of aliphatic hydroxyl groups is 2. The third-order valence-electron chi connectivity index (χ3n) is 1.99. The highest BCUT2D eigenvalue weighted by Gasteiger charge is 2.16. The fraction of sp³-hybridized carbons (Fsp3) is 0.909. The summed E-state index contributed by atoms with van der Waals surface area (Å²) in [6, 6.07) is 0. The highest BCUT2D eigenvalue weighted by Crippen LogP contribution is 1.92. The first kappa shape index (κ1) is 15.5. The van der Waals surface area contributed by atoms with Crippen LogP contribution in [0.5, 0.6) is 0 Å². The molecule has 0 saturated heterocycles. The van der Waals surface area contributed by atoms with E-state index in [0.717, 1.165) is 4.48 Å². The molecular weight excluding hydrogens is 208 g/mol. The van der Waals surface area contributed by atoms with Crippen molar-refractivity contribution in [3.63, 3.8) is 0 Å². The Hall–Kier alpha value is -0.490. The van der Waals surface area contributed by atoms with Gasteiger partial charge in [-0.15, -0.1) is 0 Å². The van der Waals surface area contributed by atoms with Gasteiger partial charge in [-0.3, -0.25) is 0 Å². The van der Waals surface area contributed by atoms with Crippen LogP contribution >= 0.6 is 0 Å². The summed E-state index contributed by atoms with van der Waals surface area (Å²) in [5, 5.41) is 18.3. The standard InChI is InChI=1S/C11H26N2O3/c1-12(5-7-16-8-6-14)9-11(15)10-13(2,3)4/h9,11,14-15H,5-8,10H2,1-4H3/q+2. The summed E-state index contributed by atoms with van der Waals surface area (Å²) in [7, 11) is 8.03. The molecule has 0 aromatic rings. The highest BCUT2D eigenvalue weighted by atomic mass is 16.5. The zero-order chi connectivity index (χ0) is 12.6. The summed E-state index contributed by atoms with van der Waals surface area (Å²) in [6.07, 6.45) is 1.36. The van der Waals surface area contributed by atoms with Crippen LogP contribution in [-0.4, -0.2) is 92.7 Å². The fourth-order valence-electron chi connectivity index (χ4n) is 1.35. The topological polar surface area (TPSA) is 52.7 Å². The molecule has 5 nitrogen and oxygen atoms in total. The number of hydrogen-bond acceptors (Lipinski definition) is 3. The van der Waals surface area contributed by atoms with Gasteiger partial charge in [0, 0.05) is 0 Å². The third-order valence-corrected chi connectivity index (χ3v) is 1.99. The Balaban J connectivity index is 3.83. The normalized spacial score (nSPS) is 15.2. The Morgan fingerprint density at radius 1 is 1.31 bits per heavy atom. The predicted molar refractivity (Wildman–Crippen MR) is 63.9 cm³/mol. The van der Waals surface area contributed by atoms with Crippen LogP contribution in [0.4, 0.5) is 0 Å². The molecular formula is C11H26N2O3+2. The lowest BCUT2D eigenvalue weighted by molar-refractivity contribution is -0.872. The molecule has 5 heteroatoms. The maximum Gasteiger partial charge on any atom is 0.179 e. The van der Waals surface area contributed by atoms with Crippen LogP contribution in [0.1, 0.15) is 0 Å². The van der Waals surface area contributed by atoms with Gasteiger partial charge in [0.2, 0.25) is 0 Å². The molecule has 0 aliphatic carbocycles. The molecule has 2 N–H and O–H groups in total. The van der Waals surface area contributed by atoms with Gasteiger partial charge in [-0.2, -0.15) is 0 Å². The van der Waals surface area contributed by atoms with Crippen LogP contribution in [0.25, 0.3) is 0 Å². The maximum absolute atomic E-state index is 9.76. The minimum atomic E-state index is -0.442. The van der Waals surface area contributed by atoms with Gasteiger partial charge in [0.15, 0.2) is 18.9 Å². The van der Waals surface area contributed by atoms with Crippen LogP contribution in [0.15, 0.2) is 0 Å². The van der Waals surface area contributed by atoms with Gasteiger partial charge in [-0.1, -0.05) is 0 Å². The first-order valence-electron chi connectivity index (χ1n) is 5.57. The highest BCUT2D eigenvalue weighted by molar-refractivity contribution is 5.57. The molecule has 96 valence electrons. The number of rotatable bonds is 8. The van der Waals surface area contributed by atoms with E-state index in [9.17, 15) is 5.11 Å². The number of nitrogens with zero attached hydrogens (tertiary/aromatic N) is 2. The zero-order valence-electron chi connectivity index (χ0n) is 10.9. The average Bonchev–Trinajstić information content (AvgIpc) is 2.09. The first-order chi connectivity index (χ1) is 7.35. The number of aliphatic hydroxyl groups excluding tert-OH is 2. The molecule has 0 aliphatic heterocycles. The molecule has 0 rings (SSSR count). The van der Waals surface area contributed by atoms with Crippen LogP contribution in [0.2, 0.25) is 0 Å². The molecule has 0 aromatic carbocycles. The van der Waals surface area contributed by atoms with Crippen LogP contribution < -0.4 is 0 Å². The van der Waals surface area contributed by atoms with E-state index >= 15 is 0 Å². The molecule has 0 fully saturated rings. The summed E-state index contributed by atoms with van der Waals surface area (Å²) in [4.78, 5) is 0. The van der Waals surface area contributed by atoms with Gasteiger partial charge in [0.25, 0.3) is 0 Å². The molecule has 0 spiro atoms. The van der Waals surface area contributed by atoms with Gasteiger partial charge in [0.05, 0.1) is 34.4 Å². The lowest BCUT2D eigenvalue weighted by atomic mass is 10.3. The van der Waals surface area contributed by atoms with Crippen LogP contribution in [-0.2, 0) is 4.74 Å². The predicted octanol–water partition coefficient (Wildman–Crippen LogP) is -1.22. The lowest BCUT2D eigenvalue weighted by Crippen LogP contribution is -2.43. The molecule has 1 atom stereocenters. The van der Waals surface area contributed by atoms with Crippen molar-refractivity contribution in [2.45, 2.75) is 6.10 Å².